The number of aromatic nitrogens is 2. The lowest BCUT2D eigenvalue weighted by atomic mass is 10.0. The summed E-state index contributed by atoms with van der Waals surface area (Å²) in [5.74, 6) is -2.05. The molecule has 2 aromatic heterocycles. The second-order valence-electron chi connectivity index (χ2n) is 4.27. The largest absolute Gasteiger partial charge is 0.294 e. The van der Waals surface area contributed by atoms with Crippen molar-refractivity contribution in [2.75, 3.05) is 0 Å². The minimum atomic E-state index is -2.05. The van der Waals surface area contributed by atoms with Gasteiger partial charge in [0.05, 0.1) is 17.1 Å². The Hall–Kier alpha value is -1.44. The molecule has 0 fully saturated rings. The van der Waals surface area contributed by atoms with E-state index >= 15 is 0 Å². The number of hydrogen-bond donors (Lipinski definition) is 1. The Morgan fingerprint density at radius 3 is 2.80 bits per heavy atom. The molecule has 20 heavy (non-hydrogen) atoms. The van der Waals surface area contributed by atoms with Crippen molar-refractivity contribution in [2.45, 2.75) is 10.6 Å². The third-order valence-electron chi connectivity index (χ3n) is 2.81. The van der Waals surface area contributed by atoms with Crippen LogP contribution in [0, 0.1) is 0 Å². The lowest BCUT2D eigenvalue weighted by molar-refractivity contribution is 0.258. The molecule has 2 atom stereocenters. The predicted octanol–water partition coefficient (Wildman–Crippen LogP) is 2.77. The van der Waals surface area contributed by atoms with Gasteiger partial charge >= 0.3 is 0 Å². The smallest absolute Gasteiger partial charge is 0.198 e. The average Bonchev–Trinajstić information content (AvgIpc) is 2.97. The summed E-state index contributed by atoms with van der Waals surface area (Å²) >= 11 is 4.66. The summed E-state index contributed by atoms with van der Waals surface area (Å²) in [5.41, 5.74) is 7.20. The molecule has 4 nitrogen and oxygen atoms in total. The van der Waals surface area contributed by atoms with Gasteiger partial charge in [-0.15, -0.1) is 11.3 Å². The zero-order valence-corrected chi connectivity index (χ0v) is 12.6. The van der Waals surface area contributed by atoms with E-state index in [0.717, 1.165) is 0 Å². The Balaban J connectivity index is 2.11. The molecule has 2 N–H and O–H groups in total. The van der Waals surface area contributed by atoms with E-state index in [1.54, 1.807) is 24.5 Å². The van der Waals surface area contributed by atoms with Crippen LogP contribution in [0.2, 0.25) is 0 Å². The van der Waals surface area contributed by atoms with Gasteiger partial charge in [-0.25, -0.2) is 14.4 Å². The van der Waals surface area contributed by atoms with Gasteiger partial charge in [-0.2, -0.15) is 0 Å². The first-order chi connectivity index (χ1) is 9.58. The van der Waals surface area contributed by atoms with Gasteiger partial charge in [-0.3, -0.25) is 10.7 Å². The summed E-state index contributed by atoms with van der Waals surface area (Å²) in [6, 6.07) is 5.38. The summed E-state index contributed by atoms with van der Waals surface area (Å²) in [7, 11) is 0. The topological polar surface area (TPSA) is 64.2 Å². The van der Waals surface area contributed by atoms with Gasteiger partial charge in [-0.1, -0.05) is 22.0 Å². The molecular weight excluding hydrogens is 343 g/mol. The molecule has 2 aromatic rings. The first-order valence-electron chi connectivity index (χ1n) is 5.82. The van der Waals surface area contributed by atoms with E-state index in [9.17, 15) is 4.39 Å². The highest BCUT2D eigenvalue weighted by molar-refractivity contribution is 9.10. The fraction of sp³-hybridized carbons (Fsp3) is 0.154. The lowest BCUT2D eigenvalue weighted by Crippen LogP contribution is -2.48. The monoisotopic (exact) mass is 352 g/mol. The van der Waals surface area contributed by atoms with Gasteiger partial charge in [0.1, 0.15) is 9.83 Å². The van der Waals surface area contributed by atoms with Crippen molar-refractivity contribution in [3.8, 4) is 0 Å². The van der Waals surface area contributed by atoms with Gasteiger partial charge in [0.2, 0.25) is 0 Å². The summed E-state index contributed by atoms with van der Waals surface area (Å²) < 4.78 is 14.6. The van der Waals surface area contributed by atoms with E-state index in [4.69, 9.17) is 5.73 Å². The van der Waals surface area contributed by atoms with E-state index in [0.29, 0.717) is 22.1 Å². The number of alkyl halides is 2. The maximum atomic E-state index is 14.6. The predicted molar refractivity (Wildman–Crippen MR) is 81.6 cm³/mol. The molecule has 7 heteroatoms. The fourth-order valence-electron chi connectivity index (χ4n) is 1.87. The van der Waals surface area contributed by atoms with Crippen LogP contribution < -0.4 is 5.73 Å². The van der Waals surface area contributed by atoms with Crippen LogP contribution in [0.1, 0.15) is 10.7 Å². The van der Waals surface area contributed by atoms with E-state index < -0.39 is 10.6 Å². The van der Waals surface area contributed by atoms with Crippen LogP contribution in [-0.4, -0.2) is 26.3 Å². The highest BCUT2D eigenvalue weighted by atomic mass is 79.9. The fourth-order valence-corrected chi connectivity index (χ4v) is 2.94. The highest BCUT2D eigenvalue weighted by Crippen LogP contribution is 2.33. The molecule has 1 aliphatic rings. The normalized spacial score (nSPS) is 26.1. The molecule has 0 radical (unpaired) electrons. The molecule has 0 amide bonds. The summed E-state index contributed by atoms with van der Waals surface area (Å²) in [4.78, 5) is 12.1. The second-order valence-corrected chi connectivity index (χ2v) is 6.08. The molecule has 3 rings (SSSR count). The summed E-state index contributed by atoms with van der Waals surface area (Å²) in [6.07, 6.45) is 4.57. The molecule has 1 aliphatic heterocycles. The number of pyridine rings is 1. The van der Waals surface area contributed by atoms with Crippen molar-refractivity contribution >= 4 is 38.7 Å². The quantitative estimate of drug-likeness (QED) is 0.667. The van der Waals surface area contributed by atoms with Gasteiger partial charge in [0.25, 0.3) is 0 Å². The Morgan fingerprint density at radius 1 is 1.30 bits per heavy atom. The number of rotatable bonds is 2. The van der Waals surface area contributed by atoms with Crippen molar-refractivity contribution in [1.82, 2.24) is 9.97 Å². The van der Waals surface area contributed by atoms with Crippen molar-refractivity contribution < 1.29 is 4.39 Å². The number of nitrogens with two attached hydrogens (primary N) is 1. The van der Waals surface area contributed by atoms with Crippen molar-refractivity contribution in [2.24, 2.45) is 10.7 Å². The molecule has 0 spiro atoms. The Labute approximate surface area is 127 Å². The van der Waals surface area contributed by atoms with Gasteiger partial charge < -0.3 is 0 Å². The van der Waals surface area contributed by atoms with Crippen LogP contribution >= 0.6 is 27.3 Å². The molecule has 0 saturated heterocycles. The van der Waals surface area contributed by atoms with E-state index in [-0.39, 0.29) is 0 Å². The van der Waals surface area contributed by atoms with Crippen LogP contribution in [0.4, 0.5) is 4.39 Å². The van der Waals surface area contributed by atoms with Crippen LogP contribution in [0.15, 0.2) is 47.0 Å². The van der Waals surface area contributed by atoms with E-state index in [2.05, 4.69) is 30.9 Å². The van der Waals surface area contributed by atoms with Gasteiger partial charge in [0.15, 0.2) is 5.79 Å². The Morgan fingerprint density at radius 2 is 2.15 bits per heavy atom. The Kier molecular flexibility index (Phi) is 3.49. The third-order valence-corrected chi connectivity index (χ3v) is 4.74. The second kappa shape index (κ2) is 5.16. The third kappa shape index (κ3) is 2.44. The lowest BCUT2D eigenvalue weighted by Gasteiger charge is -2.28. The van der Waals surface area contributed by atoms with Crippen LogP contribution in [0.5, 0.6) is 0 Å². The maximum absolute atomic E-state index is 14.6. The minimum Gasteiger partial charge on any atom is -0.294 e. The van der Waals surface area contributed by atoms with Crippen LogP contribution in [-0.2, 0) is 0 Å². The zero-order chi connectivity index (χ0) is 14.2. The van der Waals surface area contributed by atoms with Crippen molar-refractivity contribution in [3.63, 3.8) is 0 Å². The molecule has 0 saturated carbocycles. The average molecular weight is 353 g/mol. The molecule has 2 unspecified atom stereocenters. The Bertz CT molecular complexity index is 667. The number of nitrogens with zero attached hydrogens (tertiary/aromatic N) is 3. The maximum Gasteiger partial charge on any atom is 0.198 e. The first-order valence-corrected chi connectivity index (χ1v) is 7.62. The number of hydrogen-bond acceptors (Lipinski definition) is 5. The molecule has 0 aromatic carbocycles. The van der Waals surface area contributed by atoms with Crippen LogP contribution in [0.3, 0.4) is 0 Å². The van der Waals surface area contributed by atoms with Crippen molar-refractivity contribution in [3.05, 3.63) is 52.8 Å². The van der Waals surface area contributed by atoms with Crippen molar-refractivity contribution in [1.29, 1.82) is 0 Å². The zero-order valence-electron chi connectivity index (χ0n) is 10.2. The molecule has 102 valence electrons. The first kappa shape index (κ1) is 13.5. The van der Waals surface area contributed by atoms with Crippen LogP contribution in [0.25, 0.3) is 5.70 Å². The van der Waals surface area contributed by atoms with Gasteiger partial charge in [-0.05, 0) is 18.2 Å². The SMILES string of the molecule is NC1(F)C=C(c2nccs2)N=C(c2ccccn2)C1Br. The minimum absolute atomic E-state index is 0.432. The summed E-state index contributed by atoms with van der Waals surface area (Å²) in [5, 5.41) is 2.44. The van der Waals surface area contributed by atoms with E-state index in [1.807, 2.05) is 11.4 Å². The van der Waals surface area contributed by atoms with E-state index in [1.165, 1.54) is 17.4 Å². The molecule has 0 aliphatic carbocycles. The summed E-state index contributed by atoms with van der Waals surface area (Å²) in [6.45, 7) is 0. The highest BCUT2D eigenvalue weighted by Gasteiger charge is 2.40. The van der Waals surface area contributed by atoms with Gasteiger partial charge in [0, 0.05) is 17.8 Å². The molecular formula is C13H10BrFN4S. The standard InChI is InChI=1S/C13H10BrFN4S/c14-11-10(8-3-1-2-4-17-8)19-9(7-13(11,15)16)12-18-5-6-20-12/h1-7,11H,16H2. The molecule has 0 bridgehead atoms. The number of thiazole rings is 1. The number of aliphatic imine (C=N–C) groups is 1. The molecule has 3 heterocycles. The number of halogens is 2.